The van der Waals surface area contributed by atoms with Crippen molar-refractivity contribution in [2.24, 2.45) is 0 Å². The van der Waals surface area contributed by atoms with Crippen LogP contribution in [-0.2, 0) is 18.6 Å². The lowest BCUT2D eigenvalue weighted by Gasteiger charge is -2.07. The molecule has 2 aromatic heterocycles. The summed E-state index contributed by atoms with van der Waals surface area (Å²) in [6.07, 6.45) is -3.23. The van der Waals surface area contributed by atoms with Gasteiger partial charge in [0.2, 0.25) is 6.39 Å². The van der Waals surface area contributed by atoms with Crippen molar-refractivity contribution in [1.29, 1.82) is 0 Å². The Bertz CT molecular complexity index is 767. The van der Waals surface area contributed by atoms with Crippen LogP contribution in [0.4, 0.5) is 13.2 Å². The average Bonchev–Trinajstić information content (AvgIpc) is 3.05. The van der Waals surface area contributed by atoms with Crippen LogP contribution in [0.2, 0.25) is 0 Å². The first-order valence-electron chi connectivity index (χ1n) is 5.86. The summed E-state index contributed by atoms with van der Waals surface area (Å²) in [6, 6.07) is 3.37. The number of halogens is 4. The quantitative estimate of drug-likeness (QED) is 0.696. The summed E-state index contributed by atoms with van der Waals surface area (Å²) in [6.45, 7) is 0.223. The summed E-state index contributed by atoms with van der Waals surface area (Å²) in [5, 5.41) is 3.67. The van der Waals surface area contributed by atoms with Gasteiger partial charge < -0.3 is 9.09 Å². The van der Waals surface area contributed by atoms with Gasteiger partial charge in [-0.1, -0.05) is 5.16 Å². The van der Waals surface area contributed by atoms with Crippen LogP contribution in [0.1, 0.15) is 17.2 Å². The zero-order valence-electron chi connectivity index (χ0n) is 10.4. The van der Waals surface area contributed by atoms with E-state index in [1.54, 1.807) is 4.57 Å². The lowest BCUT2D eigenvalue weighted by molar-refractivity contribution is -0.137. The monoisotopic (exact) mass is 316 g/mol. The van der Waals surface area contributed by atoms with E-state index in [9.17, 15) is 13.2 Å². The van der Waals surface area contributed by atoms with Gasteiger partial charge in [-0.2, -0.15) is 18.2 Å². The largest absolute Gasteiger partial charge is 0.416 e. The number of fused-ring (bicyclic) bond motifs is 1. The van der Waals surface area contributed by atoms with Crippen molar-refractivity contribution in [2.45, 2.75) is 18.6 Å². The van der Waals surface area contributed by atoms with Gasteiger partial charge in [0.1, 0.15) is 5.82 Å². The number of hydrogen-bond acceptors (Lipinski definition) is 4. The molecule has 0 unspecified atom stereocenters. The van der Waals surface area contributed by atoms with Crippen molar-refractivity contribution in [1.82, 2.24) is 19.7 Å². The highest BCUT2D eigenvalue weighted by atomic mass is 35.5. The summed E-state index contributed by atoms with van der Waals surface area (Å²) in [4.78, 5) is 8.01. The summed E-state index contributed by atoms with van der Waals surface area (Å²) < 4.78 is 44.4. The Balaban J connectivity index is 2.10. The van der Waals surface area contributed by atoms with Crippen molar-refractivity contribution >= 4 is 22.6 Å². The summed E-state index contributed by atoms with van der Waals surface area (Å²) in [5.41, 5.74) is 0.00718. The minimum atomic E-state index is -4.41. The lowest BCUT2D eigenvalue weighted by atomic mass is 10.2. The smallest absolute Gasteiger partial charge is 0.343 e. The zero-order valence-corrected chi connectivity index (χ0v) is 11.2. The molecule has 5 nitrogen and oxygen atoms in total. The zero-order chi connectivity index (χ0) is 15.0. The molecule has 3 rings (SSSR count). The van der Waals surface area contributed by atoms with E-state index in [1.165, 1.54) is 12.5 Å². The summed E-state index contributed by atoms with van der Waals surface area (Å²) in [7, 11) is 0. The van der Waals surface area contributed by atoms with E-state index in [0.29, 0.717) is 17.2 Å². The van der Waals surface area contributed by atoms with Crippen LogP contribution in [0, 0.1) is 0 Å². The van der Waals surface area contributed by atoms with E-state index in [0.717, 1.165) is 12.1 Å². The minimum Gasteiger partial charge on any atom is -0.343 e. The standard InChI is InChI=1S/C12H8ClF3N4O/c13-4-11-18-8-3-7(12(14,15)16)1-2-9(8)20(11)5-10-17-6-21-19-10/h1-3,6H,4-5H2. The third-order valence-corrected chi connectivity index (χ3v) is 3.22. The number of rotatable bonds is 3. The second-order valence-electron chi connectivity index (χ2n) is 4.30. The molecule has 0 aliphatic heterocycles. The van der Waals surface area contributed by atoms with Crippen molar-refractivity contribution in [3.05, 3.63) is 41.8 Å². The maximum atomic E-state index is 12.7. The van der Waals surface area contributed by atoms with Crippen molar-refractivity contribution < 1.29 is 17.7 Å². The van der Waals surface area contributed by atoms with Gasteiger partial charge in [-0.15, -0.1) is 11.6 Å². The highest BCUT2D eigenvalue weighted by molar-refractivity contribution is 6.16. The van der Waals surface area contributed by atoms with Crippen molar-refractivity contribution in [3.63, 3.8) is 0 Å². The SMILES string of the molecule is FC(F)(F)c1ccc2c(c1)nc(CCl)n2Cc1ncon1. The van der Waals surface area contributed by atoms with E-state index < -0.39 is 11.7 Å². The maximum Gasteiger partial charge on any atom is 0.416 e. The molecule has 0 aliphatic carbocycles. The molecule has 0 amide bonds. The fourth-order valence-corrected chi connectivity index (χ4v) is 2.24. The Kier molecular flexibility index (Phi) is 3.32. The maximum absolute atomic E-state index is 12.7. The van der Waals surface area contributed by atoms with Gasteiger partial charge in [0.05, 0.1) is 29.0 Å². The van der Waals surface area contributed by atoms with Crippen LogP contribution in [0.15, 0.2) is 29.1 Å². The van der Waals surface area contributed by atoms with Crippen LogP contribution >= 0.6 is 11.6 Å². The van der Waals surface area contributed by atoms with Gasteiger partial charge in [-0.05, 0) is 18.2 Å². The molecule has 3 aromatic rings. The normalized spacial score (nSPS) is 12.2. The fraction of sp³-hybridized carbons (Fsp3) is 0.250. The molecule has 0 aliphatic rings. The van der Waals surface area contributed by atoms with Crippen LogP contribution < -0.4 is 0 Å². The second kappa shape index (κ2) is 5.03. The van der Waals surface area contributed by atoms with Gasteiger partial charge >= 0.3 is 6.18 Å². The van der Waals surface area contributed by atoms with Crippen molar-refractivity contribution in [3.8, 4) is 0 Å². The Morgan fingerprint density at radius 3 is 2.71 bits per heavy atom. The number of aromatic nitrogens is 4. The van der Waals surface area contributed by atoms with Crippen LogP contribution in [0.3, 0.4) is 0 Å². The number of nitrogens with zero attached hydrogens (tertiary/aromatic N) is 4. The third-order valence-electron chi connectivity index (χ3n) is 2.98. The van der Waals surface area contributed by atoms with Gasteiger partial charge in [0.25, 0.3) is 0 Å². The molecule has 0 atom stereocenters. The summed E-state index contributed by atoms with van der Waals surface area (Å²) >= 11 is 5.80. The number of benzene rings is 1. The molecule has 0 bridgehead atoms. The van der Waals surface area contributed by atoms with Gasteiger partial charge in [0, 0.05) is 0 Å². The number of alkyl halides is 4. The first-order chi connectivity index (χ1) is 9.99. The molecule has 0 radical (unpaired) electrons. The van der Waals surface area contributed by atoms with E-state index in [4.69, 9.17) is 11.6 Å². The van der Waals surface area contributed by atoms with Crippen LogP contribution in [0.25, 0.3) is 11.0 Å². The fourth-order valence-electron chi connectivity index (χ4n) is 2.04. The van der Waals surface area contributed by atoms with Crippen LogP contribution in [-0.4, -0.2) is 19.7 Å². The molecule has 21 heavy (non-hydrogen) atoms. The molecule has 0 saturated carbocycles. The summed E-state index contributed by atoms with van der Waals surface area (Å²) in [5.74, 6) is 0.893. The third kappa shape index (κ3) is 2.58. The molecule has 0 fully saturated rings. The molecule has 110 valence electrons. The van der Waals surface area contributed by atoms with Gasteiger partial charge in [-0.25, -0.2) is 4.98 Å². The van der Waals surface area contributed by atoms with Crippen LogP contribution in [0.5, 0.6) is 0 Å². The topological polar surface area (TPSA) is 56.7 Å². The Labute approximate surface area is 121 Å². The predicted octanol–water partition coefficient (Wildman–Crippen LogP) is 3.23. The molecule has 0 N–H and O–H groups in total. The van der Waals surface area contributed by atoms with E-state index >= 15 is 0 Å². The Hall–Kier alpha value is -2.09. The van der Waals surface area contributed by atoms with E-state index in [-0.39, 0.29) is 17.9 Å². The lowest BCUT2D eigenvalue weighted by Crippen LogP contribution is -2.06. The Morgan fingerprint density at radius 1 is 1.29 bits per heavy atom. The number of hydrogen-bond donors (Lipinski definition) is 0. The minimum absolute atomic E-state index is 0.0634. The first kappa shape index (κ1) is 13.9. The Morgan fingerprint density at radius 2 is 2.10 bits per heavy atom. The molecule has 0 spiro atoms. The van der Waals surface area contributed by atoms with E-state index in [2.05, 4.69) is 19.6 Å². The highest BCUT2D eigenvalue weighted by Crippen LogP contribution is 2.31. The molecule has 1 aromatic carbocycles. The molecular formula is C12H8ClF3N4O. The number of imidazole rings is 1. The molecule has 2 heterocycles. The van der Waals surface area contributed by atoms with E-state index in [1.807, 2.05) is 0 Å². The molecule has 0 saturated heterocycles. The molecule has 9 heteroatoms. The predicted molar refractivity (Wildman–Crippen MR) is 67.7 cm³/mol. The van der Waals surface area contributed by atoms with Gasteiger partial charge in [-0.3, -0.25) is 0 Å². The van der Waals surface area contributed by atoms with Gasteiger partial charge in [0.15, 0.2) is 5.82 Å². The molecular weight excluding hydrogens is 309 g/mol. The van der Waals surface area contributed by atoms with Crippen molar-refractivity contribution in [2.75, 3.05) is 0 Å². The highest BCUT2D eigenvalue weighted by Gasteiger charge is 2.31. The average molecular weight is 317 g/mol. The first-order valence-corrected chi connectivity index (χ1v) is 6.40. The second-order valence-corrected chi connectivity index (χ2v) is 4.56.